The van der Waals surface area contributed by atoms with Crippen molar-refractivity contribution in [2.24, 2.45) is 39.9 Å². The highest BCUT2D eigenvalue weighted by molar-refractivity contribution is 5.52. The molecule has 0 aromatic heterocycles. The maximum atomic E-state index is 9.43. The lowest BCUT2D eigenvalue weighted by Crippen LogP contribution is -2.63. The van der Waals surface area contributed by atoms with Crippen LogP contribution in [0, 0.1) is 85.2 Å². The van der Waals surface area contributed by atoms with Crippen molar-refractivity contribution >= 4 is 0 Å². The summed E-state index contributed by atoms with van der Waals surface area (Å²) < 4.78 is 0. The molecule has 5 saturated carbocycles. The van der Waals surface area contributed by atoms with Crippen LogP contribution in [0.2, 0.25) is 0 Å². The average molecular weight is 220 g/mol. The van der Waals surface area contributed by atoms with Crippen molar-refractivity contribution < 1.29 is 0 Å². The highest BCUT2D eigenvalue weighted by Gasteiger charge is 2.95. The van der Waals surface area contributed by atoms with Gasteiger partial charge in [0.25, 0.3) is 0 Å². The lowest BCUT2D eigenvalue weighted by molar-refractivity contribution is -0.0817. The molecule has 5 aliphatic rings. The van der Waals surface area contributed by atoms with Gasteiger partial charge in [-0.3, -0.25) is 0 Å². The molecule has 5 aliphatic carbocycles. The zero-order chi connectivity index (χ0) is 12.1. The molecule has 0 heterocycles. The Hall–Kier alpha value is -2.04. The van der Waals surface area contributed by atoms with Gasteiger partial charge >= 0.3 is 0 Å². The van der Waals surface area contributed by atoms with E-state index in [0.717, 1.165) is 6.42 Å². The molecule has 5 rings (SSSR count). The quantitative estimate of drug-likeness (QED) is 0.615. The van der Waals surface area contributed by atoms with Crippen LogP contribution in [0.5, 0.6) is 0 Å². The molecule has 0 amide bonds. The molecule has 4 heteroatoms. The Kier molecular flexibility index (Phi) is 1.08. The van der Waals surface area contributed by atoms with Gasteiger partial charge in [0.15, 0.2) is 10.8 Å². The molecule has 0 N–H and O–H groups in total. The highest BCUT2D eigenvalue weighted by Crippen LogP contribution is 2.95. The van der Waals surface area contributed by atoms with Crippen LogP contribution < -0.4 is 0 Å². The molecule has 17 heavy (non-hydrogen) atoms. The van der Waals surface area contributed by atoms with Gasteiger partial charge in [-0.2, -0.15) is 21.0 Å². The first kappa shape index (κ1) is 9.04. The predicted molar refractivity (Wildman–Crippen MR) is 52.9 cm³/mol. The van der Waals surface area contributed by atoms with E-state index in [2.05, 4.69) is 12.1 Å². The van der Waals surface area contributed by atoms with Crippen molar-refractivity contribution in [1.82, 2.24) is 0 Å². The monoisotopic (exact) mass is 220 g/mol. The van der Waals surface area contributed by atoms with Gasteiger partial charge in [-0.1, -0.05) is 0 Å². The van der Waals surface area contributed by atoms with E-state index in [0.29, 0.717) is 30.1 Å². The molecular formula is C13H8N4. The van der Waals surface area contributed by atoms with Gasteiger partial charge in [0, 0.05) is 5.41 Å². The average Bonchev–Trinajstić information content (AvgIpc) is 3.17. The van der Waals surface area contributed by atoms with E-state index in [4.69, 9.17) is 0 Å². The van der Waals surface area contributed by atoms with E-state index in [1.54, 1.807) is 0 Å². The fraction of sp³-hybridized carbons (Fsp3) is 0.692. The van der Waals surface area contributed by atoms with Crippen molar-refractivity contribution in [3.05, 3.63) is 0 Å². The minimum Gasteiger partial charge on any atom is -0.196 e. The predicted octanol–water partition coefficient (Wildman–Crippen LogP) is 1.34. The second-order valence-corrected chi connectivity index (χ2v) is 5.98. The Morgan fingerprint density at radius 2 is 1.47 bits per heavy atom. The maximum absolute atomic E-state index is 9.43. The largest absolute Gasteiger partial charge is 0.196 e. The first-order chi connectivity index (χ1) is 8.17. The Labute approximate surface area is 98.7 Å². The first-order valence-corrected chi connectivity index (χ1v) is 5.82. The number of nitriles is 4. The van der Waals surface area contributed by atoms with Gasteiger partial charge in [0.05, 0.1) is 24.3 Å². The van der Waals surface area contributed by atoms with Crippen molar-refractivity contribution in [3.63, 3.8) is 0 Å². The van der Waals surface area contributed by atoms with Crippen molar-refractivity contribution in [1.29, 1.82) is 21.0 Å². The Morgan fingerprint density at radius 3 is 1.82 bits per heavy atom. The van der Waals surface area contributed by atoms with Gasteiger partial charge in [-0.15, -0.1) is 0 Å². The number of hydrogen-bond donors (Lipinski definition) is 0. The Morgan fingerprint density at radius 1 is 0.882 bits per heavy atom. The SMILES string of the molecule is N#CC1(C#N)CC2(CC3C4C3C42)C1(C#N)C#N. The van der Waals surface area contributed by atoms with Crippen LogP contribution in [0.15, 0.2) is 0 Å². The molecule has 80 valence electrons. The van der Waals surface area contributed by atoms with Crippen molar-refractivity contribution in [2.45, 2.75) is 12.8 Å². The molecule has 4 nitrogen and oxygen atoms in total. The van der Waals surface area contributed by atoms with Gasteiger partial charge in [-0.25, -0.2) is 0 Å². The molecule has 2 bridgehead atoms. The minimum absolute atomic E-state index is 0.331. The van der Waals surface area contributed by atoms with Crippen LogP contribution in [0.4, 0.5) is 0 Å². The van der Waals surface area contributed by atoms with Gasteiger partial charge in [0.2, 0.25) is 0 Å². The summed E-state index contributed by atoms with van der Waals surface area (Å²) in [7, 11) is 0. The third-order valence-electron chi connectivity index (χ3n) is 5.90. The lowest BCUT2D eigenvalue weighted by Gasteiger charge is -2.57. The maximum Gasteiger partial charge on any atom is 0.181 e. The zero-order valence-electron chi connectivity index (χ0n) is 9.01. The summed E-state index contributed by atoms with van der Waals surface area (Å²) in [6.45, 7) is 0. The zero-order valence-corrected chi connectivity index (χ0v) is 9.01. The van der Waals surface area contributed by atoms with E-state index < -0.39 is 10.8 Å². The molecule has 5 fully saturated rings. The molecular weight excluding hydrogens is 212 g/mol. The summed E-state index contributed by atoms with van der Waals surface area (Å²) in [4.78, 5) is 0. The van der Waals surface area contributed by atoms with E-state index in [9.17, 15) is 21.0 Å². The van der Waals surface area contributed by atoms with Crippen LogP contribution in [0.1, 0.15) is 12.8 Å². The third-order valence-corrected chi connectivity index (χ3v) is 5.90. The number of nitrogens with zero attached hydrogens (tertiary/aromatic N) is 4. The second kappa shape index (κ2) is 2.03. The Bertz CT molecular complexity index is 577. The molecule has 0 aromatic rings. The van der Waals surface area contributed by atoms with Gasteiger partial charge < -0.3 is 0 Å². The summed E-state index contributed by atoms with van der Waals surface area (Å²) in [6, 6.07) is 8.01. The topological polar surface area (TPSA) is 95.2 Å². The summed E-state index contributed by atoms with van der Waals surface area (Å²) in [6.07, 6.45) is 1.32. The lowest BCUT2D eigenvalue weighted by atomic mass is 9.37. The van der Waals surface area contributed by atoms with Crippen LogP contribution in [-0.2, 0) is 0 Å². The molecule has 0 radical (unpaired) electrons. The molecule has 1 spiro atoms. The van der Waals surface area contributed by atoms with Crippen LogP contribution >= 0.6 is 0 Å². The summed E-state index contributed by atoms with van der Waals surface area (Å²) in [5.41, 5.74) is -3.11. The van der Waals surface area contributed by atoms with Gasteiger partial charge in [0.1, 0.15) is 0 Å². The number of hydrogen-bond acceptors (Lipinski definition) is 4. The van der Waals surface area contributed by atoms with Gasteiger partial charge in [-0.05, 0) is 36.5 Å². The first-order valence-electron chi connectivity index (χ1n) is 5.82. The Balaban J connectivity index is 1.89. The highest BCUT2D eigenvalue weighted by atomic mass is 15.0. The van der Waals surface area contributed by atoms with E-state index in [-0.39, 0.29) is 5.41 Å². The van der Waals surface area contributed by atoms with E-state index in [1.807, 2.05) is 12.1 Å². The van der Waals surface area contributed by atoms with Crippen molar-refractivity contribution in [3.8, 4) is 24.3 Å². The summed E-state index contributed by atoms with van der Waals surface area (Å²) in [5.74, 6) is 2.58. The van der Waals surface area contributed by atoms with Crippen molar-refractivity contribution in [2.75, 3.05) is 0 Å². The van der Waals surface area contributed by atoms with Crippen LogP contribution in [0.25, 0.3) is 0 Å². The fourth-order valence-corrected chi connectivity index (χ4v) is 5.10. The summed E-state index contributed by atoms with van der Waals surface area (Å²) >= 11 is 0. The third kappa shape index (κ3) is 0.537. The molecule has 0 aromatic carbocycles. The molecule has 0 saturated heterocycles. The minimum atomic E-state index is -1.40. The second-order valence-electron chi connectivity index (χ2n) is 5.98. The van der Waals surface area contributed by atoms with E-state index in [1.165, 1.54) is 0 Å². The molecule has 3 unspecified atom stereocenters. The standard InChI is InChI=1S/C13H8N4/c14-3-11(4-15)2-12(13(11,5-16)6-17)1-7-8-9(7)10(8)12/h7-10H,1-2H2. The van der Waals surface area contributed by atoms with Crippen LogP contribution in [0.3, 0.4) is 0 Å². The molecule has 3 atom stereocenters. The number of rotatable bonds is 0. The fourth-order valence-electron chi connectivity index (χ4n) is 5.10. The van der Waals surface area contributed by atoms with E-state index >= 15 is 0 Å². The smallest absolute Gasteiger partial charge is 0.181 e. The molecule has 0 aliphatic heterocycles. The van der Waals surface area contributed by atoms with Crippen LogP contribution in [-0.4, -0.2) is 0 Å². The summed E-state index contributed by atoms with van der Waals surface area (Å²) in [5, 5.41) is 37.3. The normalized spacial score (nSPS) is 52.0.